The van der Waals surface area contributed by atoms with Crippen molar-refractivity contribution in [3.63, 3.8) is 0 Å². The van der Waals surface area contributed by atoms with E-state index in [-0.39, 0.29) is 5.41 Å². The Morgan fingerprint density at radius 3 is 2.21 bits per heavy atom. The Hall–Kier alpha value is -2.37. The van der Waals surface area contributed by atoms with Crippen molar-refractivity contribution in [3.05, 3.63) is 59.7 Å². The minimum atomic E-state index is -0.830. The summed E-state index contributed by atoms with van der Waals surface area (Å²) < 4.78 is 0. The predicted octanol–water partition coefficient (Wildman–Crippen LogP) is 4.41. The minimum absolute atomic E-state index is 0.158. The van der Waals surface area contributed by atoms with Gasteiger partial charge in [-0.1, -0.05) is 57.2 Å². The van der Waals surface area contributed by atoms with E-state index in [9.17, 15) is 9.90 Å². The van der Waals surface area contributed by atoms with E-state index in [1.165, 1.54) is 16.7 Å². The van der Waals surface area contributed by atoms with Crippen molar-refractivity contribution < 1.29 is 9.90 Å². The number of carbonyl (C=O) groups is 1. The van der Waals surface area contributed by atoms with Gasteiger partial charge in [-0.15, -0.1) is 0 Å². The van der Waals surface area contributed by atoms with Gasteiger partial charge in [0.1, 0.15) is 0 Å². The molecule has 1 amide bonds. The first kappa shape index (κ1) is 21.3. The zero-order valence-corrected chi connectivity index (χ0v) is 18.0. The molecule has 1 aliphatic heterocycles. The number of hydrogen-bond acceptors (Lipinski definition) is 3. The van der Waals surface area contributed by atoms with Crippen molar-refractivity contribution in [1.29, 1.82) is 0 Å². The van der Waals surface area contributed by atoms with Gasteiger partial charge in [0.25, 0.3) is 0 Å². The molecule has 156 valence electrons. The lowest BCUT2D eigenvalue weighted by Gasteiger charge is -2.54. The fourth-order valence-electron chi connectivity index (χ4n) is 4.16. The van der Waals surface area contributed by atoms with Gasteiger partial charge < -0.3 is 10.8 Å². The molecule has 0 spiro atoms. The van der Waals surface area contributed by atoms with Crippen LogP contribution in [-0.2, 0) is 13.1 Å². The average molecular weight is 396 g/mol. The van der Waals surface area contributed by atoms with Crippen molar-refractivity contribution >= 4 is 6.09 Å². The lowest BCUT2D eigenvalue weighted by molar-refractivity contribution is -0.0461. The van der Waals surface area contributed by atoms with Gasteiger partial charge in [0, 0.05) is 32.7 Å². The Labute approximate surface area is 174 Å². The second-order valence-electron chi connectivity index (χ2n) is 9.27. The van der Waals surface area contributed by atoms with Crippen LogP contribution < -0.4 is 5.73 Å². The maximum atomic E-state index is 11.8. The Balaban J connectivity index is 1.81. The zero-order chi connectivity index (χ0) is 21.2. The van der Waals surface area contributed by atoms with Crippen LogP contribution in [0.1, 0.15) is 38.8 Å². The third kappa shape index (κ3) is 4.46. The maximum absolute atomic E-state index is 11.8. The van der Waals surface area contributed by atoms with Crippen LogP contribution >= 0.6 is 0 Å². The standard InChI is InChI=1S/C24H33N3O2/c1-23(2,3)24(4)17-26(11-12-27(24)22(28)29)16-19-8-6-10-21(14-19)20-9-5-7-18(13-20)15-25/h5-10,13-14H,11-12,15-17,25H2,1-4H3,(H,28,29)/t24-/m1/s1. The highest BCUT2D eigenvalue weighted by Gasteiger charge is 2.48. The number of rotatable bonds is 4. The van der Waals surface area contributed by atoms with E-state index in [0.717, 1.165) is 25.2 Å². The molecule has 29 heavy (non-hydrogen) atoms. The first-order chi connectivity index (χ1) is 13.6. The van der Waals surface area contributed by atoms with Crippen LogP contribution in [0.25, 0.3) is 11.1 Å². The molecule has 3 rings (SSSR count). The van der Waals surface area contributed by atoms with E-state index in [4.69, 9.17) is 5.73 Å². The second-order valence-corrected chi connectivity index (χ2v) is 9.27. The monoisotopic (exact) mass is 395 g/mol. The van der Waals surface area contributed by atoms with E-state index in [0.29, 0.717) is 13.1 Å². The van der Waals surface area contributed by atoms with Gasteiger partial charge in [0.2, 0.25) is 0 Å². The van der Waals surface area contributed by atoms with Crippen LogP contribution in [0.5, 0.6) is 0 Å². The van der Waals surface area contributed by atoms with E-state index >= 15 is 0 Å². The summed E-state index contributed by atoms with van der Waals surface area (Å²) in [5, 5.41) is 9.72. The predicted molar refractivity (Wildman–Crippen MR) is 118 cm³/mol. The number of hydrogen-bond donors (Lipinski definition) is 2. The zero-order valence-electron chi connectivity index (χ0n) is 18.0. The highest BCUT2D eigenvalue weighted by atomic mass is 16.4. The molecule has 3 N–H and O–H groups in total. The van der Waals surface area contributed by atoms with Gasteiger partial charge in [0.15, 0.2) is 0 Å². The minimum Gasteiger partial charge on any atom is -0.465 e. The van der Waals surface area contributed by atoms with Crippen molar-refractivity contribution in [2.45, 2.75) is 46.3 Å². The number of benzene rings is 2. The molecule has 0 saturated carbocycles. The van der Waals surface area contributed by atoms with Gasteiger partial charge in [-0.2, -0.15) is 0 Å². The summed E-state index contributed by atoms with van der Waals surface area (Å²) in [5.74, 6) is 0. The highest BCUT2D eigenvalue weighted by molar-refractivity contribution is 5.67. The summed E-state index contributed by atoms with van der Waals surface area (Å²) in [7, 11) is 0. The highest BCUT2D eigenvalue weighted by Crippen LogP contribution is 2.38. The van der Waals surface area contributed by atoms with Gasteiger partial charge in [-0.3, -0.25) is 9.80 Å². The molecule has 2 aromatic carbocycles. The van der Waals surface area contributed by atoms with Gasteiger partial charge >= 0.3 is 6.09 Å². The SMILES string of the molecule is CC(C)(C)[C@@]1(C)CN(Cc2cccc(-c3cccc(CN)c3)c2)CCN1C(=O)O. The summed E-state index contributed by atoms with van der Waals surface area (Å²) in [6, 6.07) is 16.9. The van der Waals surface area contributed by atoms with E-state index in [2.05, 4.69) is 69.0 Å². The molecular formula is C24H33N3O2. The normalized spacial score (nSPS) is 20.7. The smallest absolute Gasteiger partial charge is 0.407 e. The first-order valence-corrected chi connectivity index (χ1v) is 10.3. The lowest BCUT2D eigenvalue weighted by atomic mass is 9.72. The number of piperazine rings is 1. The Morgan fingerprint density at radius 2 is 1.66 bits per heavy atom. The van der Waals surface area contributed by atoms with Gasteiger partial charge in [0.05, 0.1) is 5.54 Å². The van der Waals surface area contributed by atoms with Gasteiger partial charge in [-0.25, -0.2) is 4.79 Å². The molecule has 5 heteroatoms. The number of nitrogens with two attached hydrogens (primary N) is 1. The van der Waals surface area contributed by atoms with Crippen LogP contribution in [0.4, 0.5) is 4.79 Å². The third-order valence-corrected chi connectivity index (χ3v) is 6.44. The first-order valence-electron chi connectivity index (χ1n) is 10.3. The summed E-state index contributed by atoms with van der Waals surface area (Å²) >= 11 is 0. The molecule has 0 aliphatic carbocycles. The fraction of sp³-hybridized carbons (Fsp3) is 0.458. The Bertz CT molecular complexity index is 874. The van der Waals surface area contributed by atoms with Crippen molar-refractivity contribution in [3.8, 4) is 11.1 Å². The summed E-state index contributed by atoms with van der Waals surface area (Å²) in [5.41, 5.74) is 9.91. The summed E-state index contributed by atoms with van der Waals surface area (Å²) in [6.07, 6.45) is -0.830. The number of carboxylic acid groups (broad SMARTS) is 1. The summed E-state index contributed by atoms with van der Waals surface area (Å²) in [4.78, 5) is 15.8. The van der Waals surface area contributed by atoms with Crippen LogP contribution in [0, 0.1) is 5.41 Å². The topological polar surface area (TPSA) is 69.8 Å². The molecule has 1 saturated heterocycles. The molecule has 1 heterocycles. The average Bonchev–Trinajstić information content (AvgIpc) is 2.67. The molecule has 1 atom stereocenters. The molecular weight excluding hydrogens is 362 g/mol. The fourth-order valence-corrected chi connectivity index (χ4v) is 4.16. The maximum Gasteiger partial charge on any atom is 0.407 e. The Kier molecular flexibility index (Phi) is 6.01. The Morgan fingerprint density at radius 1 is 1.07 bits per heavy atom. The quantitative estimate of drug-likeness (QED) is 0.804. The van der Waals surface area contributed by atoms with E-state index in [1.54, 1.807) is 4.90 Å². The molecule has 1 aliphatic rings. The molecule has 5 nitrogen and oxygen atoms in total. The van der Waals surface area contributed by atoms with E-state index < -0.39 is 11.6 Å². The van der Waals surface area contributed by atoms with Crippen LogP contribution in [0.2, 0.25) is 0 Å². The van der Waals surface area contributed by atoms with Crippen molar-refractivity contribution in [2.24, 2.45) is 11.1 Å². The molecule has 0 aromatic heterocycles. The third-order valence-electron chi connectivity index (χ3n) is 6.44. The van der Waals surface area contributed by atoms with Crippen molar-refractivity contribution in [1.82, 2.24) is 9.80 Å². The van der Waals surface area contributed by atoms with Crippen LogP contribution in [-0.4, -0.2) is 46.2 Å². The summed E-state index contributed by atoms with van der Waals surface area (Å²) in [6.45, 7) is 11.8. The molecule has 2 aromatic rings. The lowest BCUT2D eigenvalue weighted by Crippen LogP contribution is -2.67. The van der Waals surface area contributed by atoms with Crippen LogP contribution in [0.15, 0.2) is 48.5 Å². The van der Waals surface area contributed by atoms with E-state index in [1.807, 2.05) is 12.1 Å². The molecule has 0 radical (unpaired) electrons. The number of nitrogens with zero attached hydrogens (tertiary/aromatic N) is 2. The van der Waals surface area contributed by atoms with Crippen molar-refractivity contribution in [2.75, 3.05) is 19.6 Å². The molecule has 1 fully saturated rings. The molecule has 0 unspecified atom stereocenters. The molecule has 0 bridgehead atoms. The second kappa shape index (κ2) is 8.17. The van der Waals surface area contributed by atoms with Gasteiger partial charge in [-0.05, 0) is 46.7 Å². The van der Waals surface area contributed by atoms with Crippen LogP contribution in [0.3, 0.4) is 0 Å². The number of amides is 1. The largest absolute Gasteiger partial charge is 0.465 e.